The third kappa shape index (κ3) is 5.12. The molecule has 1 fully saturated rings. The summed E-state index contributed by atoms with van der Waals surface area (Å²) >= 11 is 0. The summed E-state index contributed by atoms with van der Waals surface area (Å²) in [6, 6.07) is 4.66. The first-order valence-corrected chi connectivity index (χ1v) is 11.8. The predicted molar refractivity (Wildman–Crippen MR) is 140 cm³/mol. The van der Waals surface area contributed by atoms with Gasteiger partial charge in [0.25, 0.3) is 5.91 Å². The normalized spacial score (nSPS) is 16.7. The number of piperazine rings is 1. The van der Waals surface area contributed by atoms with Crippen molar-refractivity contribution in [2.45, 2.75) is 25.9 Å². The number of pyridine rings is 2. The lowest BCUT2D eigenvalue weighted by Gasteiger charge is -2.42. The molecule has 11 nitrogen and oxygen atoms in total. The summed E-state index contributed by atoms with van der Waals surface area (Å²) in [7, 11) is 1.48. The summed E-state index contributed by atoms with van der Waals surface area (Å²) in [5, 5.41) is 0. The Morgan fingerprint density at radius 3 is 2.51 bits per heavy atom. The Balaban J connectivity index is 1.53. The Morgan fingerprint density at radius 2 is 1.89 bits per heavy atom. The second-order valence-corrected chi connectivity index (χ2v) is 8.87. The number of methoxy groups -OCH3 is 1. The SMILES string of the molecule is C=C(C(=O)C(C)N1CCN(C(=O)c2ccccn2)[C@H](C)C1)c1c(OC)cnc(-c2cnc(N)cn2)c1N. The number of aromatic nitrogens is 4. The number of carbonyl (C=O) groups excluding carboxylic acids is 2. The number of nitrogen functional groups attached to an aromatic ring is 2. The molecule has 0 bridgehead atoms. The number of ether oxygens (including phenoxy) is 1. The Hall–Kier alpha value is -4.38. The fourth-order valence-corrected chi connectivity index (χ4v) is 4.46. The van der Waals surface area contributed by atoms with Crippen LogP contribution < -0.4 is 16.2 Å². The number of nitrogens with zero attached hydrogens (tertiary/aromatic N) is 6. The Labute approximate surface area is 215 Å². The van der Waals surface area contributed by atoms with Gasteiger partial charge in [-0.3, -0.25) is 19.5 Å². The smallest absolute Gasteiger partial charge is 0.272 e. The molecule has 3 aromatic rings. The highest BCUT2D eigenvalue weighted by Crippen LogP contribution is 2.36. The highest BCUT2D eigenvalue weighted by Gasteiger charge is 2.34. The first-order chi connectivity index (χ1) is 17.7. The van der Waals surface area contributed by atoms with Crippen LogP contribution in [0.25, 0.3) is 17.0 Å². The number of anilines is 2. The molecule has 0 aliphatic carbocycles. The molecular weight excluding hydrogens is 472 g/mol. The fourth-order valence-electron chi connectivity index (χ4n) is 4.46. The molecule has 11 heteroatoms. The van der Waals surface area contributed by atoms with Gasteiger partial charge in [-0.1, -0.05) is 12.6 Å². The quantitative estimate of drug-likeness (QED) is 0.458. The zero-order valence-electron chi connectivity index (χ0n) is 21.1. The Bertz CT molecular complexity index is 1310. The molecule has 1 amide bonds. The van der Waals surface area contributed by atoms with Gasteiger partial charge in [-0.05, 0) is 26.0 Å². The van der Waals surface area contributed by atoms with Crippen molar-refractivity contribution >= 4 is 28.8 Å². The van der Waals surface area contributed by atoms with Crippen LogP contribution in [-0.4, -0.2) is 80.3 Å². The lowest BCUT2D eigenvalue weighted by atomic mass is 9.95. The van der Waals surface area contributed by atoms with Gasteiger partial charge in [0, 0.05) is 37.4 Å². The predicted octanol–water partition coefficient (Wildman–Crippen LogP) is 1.92. The van der Waals surface area contributed by atoms with Crippen LogP contribution in [0.5, 0.6) is 5.75 Å². The van der Waals surface area contributed by atoms with Gasteiger partial charge in [0.1, 0.15) is 28.6 Å². The summed E-state index contributed by atoms with van der Waals surface area (Å²) < 4.78 is 5.46. The number of rotatable bonds is 7. The standard InChI is InChI=1S/C26H30N8O3/c1-15-14-33(9-10-34(15)26(36)18-7-5-6-8-29-18)17(3)25(35)16(2)22-20(37-4)12-32-24(23(22)28)19-11-31-21(27)13-30-19/h5-8,11-13,15,17H,2,9-10,14,28H2,1,3-4H3,(H2,27,31)/t15-,17?/m1/s1. The van der Waals surface area contributed by atoms with Crippen molar-refractivity contribution < 1.29 is 14.3 Å². The summed E-state index contributed by atoms with van der Waals surface area (Å²) in [4.78, 5) is 47.1. The minimum Gasteiger partial charge on any atom is -0.494 e. The number of hydrogen-bond donors (Lipinski definition) is 2. The third-order valence-electron chi connectivity index (χ3n) is 6.55. The van der Waals surface area contributed by atoms with E-state index in [1.54, 1.807) is 29.3 Å². The van der Waals surface area contributed by atoms with Crippen LogP contribution in [0.1, 0.15) is 29.9 Å². The van der Waals surface area contributed by atoms with Crippen molar-refractivity contribution in [2.75, 3.05) is 38.2 Å². The molecule has 4 heterocycles. The third-order valence-corrected chi connectivity index (χ3v) is 6.55. The van der Waals surface area contributed by atoms with Gasteiger partial charge in [0.2, 0.25) is 0 Å². The van der Waals surface area contributed by atoms with E-state index in [9.17, 15) is 9.59 Å². The van der Waals surface area contributed by atoms with E-state index in [1.807, 2.05) is 18.7 Å². The molecule has 0 spiro atoms. The zero-order valence-corrected chi connectivity index (χ0v) is 21.1. The van der Waals surface area contributed by atoms with Crippen molar-refractivity contribution in [1.29, 1.82) is 0 Å². The average Bonchev–Trinajstić information content (AvgIpc) is 2.92. The largest absolute Gasteiger partial charge is 0.494 e. The molecule has 1 aliphatic rings. The van der Waals surface area contributed by atoms with E-state index in [4.69, 9.17) is 16.2 Å². The lowest BCUT2D eigenvalue weighted by molar-refractivity contribution is -0.119. The van der Waals surface area contributed by atoms with Crippen LogP contribution in [-0.2, 0) is 4.79 Å². The minimum atomic E-state index is -0.501. The monoisotopic (exact) mass is 502 g/mol. The first-order valence-electron chi connectivity index (χ1n) is 11.8. The second-order valence-electron chi connectivity index (χ2n) is 8.87. The van der Waals surface area contributed by atoms with E-state index in [2.05, 4.69) is 26.5 Å². The summed E-state index contributed by atoms with van der Waals surface area (Å²) in [5.74, 6) is 0.265. The Morgan fingerprint density at radius 1 is 1.11 bits per heavy atom. The van der Waals surface area contributed by atoms with Crippen molar-refractivity contribution in [1.82, 2.24) is 29.7 Å². The molecule has 3 aromatic heterocycles. The number of Topliss-reactive ketones (excluding diaryl/α,β-unsaturated/α-hetero) is 1. The van der Waals surface area contributed by atoms with Crippen LogP contribution in [0.15, 0.2) is 49.6 Å². The molecule has 37 heavy (non-hydrogen) atoms. The molecule has 1 saturated heterocycles. The van der Waals surface area contributed by atoms with Gasteiger partial charge in [-0.2, -0.15) is 0 Å². The minimum absolute atomic E-state index is 0.108. The van der Waals surface area contributed by atoms with Gasteiger partial charge in [-0.25, -0.2) is 15.0 Å². The molecule has 0 saturated carbocycles. The van der Waals surface area contributed by atoms with Crippen molar-refractivity contribution in [3.05, 3.63) is 60.8 Å². The van der Waals surface area contributed by atoms with E-state index in [0.717, 1.165) is 0 Å². The molecule has 0 aromatic carbocycles. The summed E-state index contributed by atoms with van der Waals surface area (Å²) in [6.45, 7) is 9.38. The first kappa shape index (κ1) is 25.7. The number of hydrogen-bond acceptors (Lipinski definition) is 10. The van der Waals surface area contributed by atoms with E-state index in [0.29, 0.717) is 48.0 Å². The van der Waals surface area contributed by atoms with Crippen LogP contribution >= 0.6 is 0 Å². The van der Waals surface area contributed by atoms with Crippen molar-refractivity contribution in [3.63, 3.8) is 0 Å². The number of amides is 1. The van der Waals surface area contributed by atoms with Crippen LogP contribution in [0, 0.1) is 0 Å². The number of carbonyl (C=O) groups is 2. The van der Waals surface area contributed by atoms with Gasteiger partial charge >= 0.3 is 0 Å². The zero-order chi connectivity index (χ0) is 26.7. The maximum atomic E-state index is 13.6. The van der Waals surface area contributed by atoms with Crippen LogP contribution in [0.4, 0.5) is 11.5 Å². The molecule has 1 unspecified atom stereocenters. The highest BCUT2D eigenvalue weighted by molar-refractivity contribution is 6.24. The molecule has 2 atom stereocenters. The highest BCUT2D eigenvalue weighted by atomic mass is 16.5. The van der Waals surface area contributed by atoms with E-state index >= 15 is 0 Å². The summed E-state index contributed by atoms with van der Waals surface area (Å²) in [5.41, 5.74) is 14.0. The molecule has 192 valence electrons. The fraction of sp³-hybridized carbons (Fsp3) is 0.308. The topological polar surface area (TPSA) is 153 Å². The molecule has 0 radical (unpaired) electrons. The molecule has 4 N–H and O–H groups in total. The molecular formula is C26H30N8O3. The van der Waals surface area contributed by atoms with Gasteiger partial charge in [-0.15, -0.1) is 0 Å². The van der Waals surface area contributed by atoms with E-state index in [1.165, 1.54) is 25.7 Å². The number of ketones is 1. The maximum Gasteiger partial charge on any atom is 0.272 e. The Kier molecular flexibility index (Phi) is 7.44. The van der Waals surface area contributed by atoms with Crippen molar-refractivity contribution in [2.24, 2.45) is 0 Å². The lowest BCUT2D eigenvalue weighted by Crippen LogP contribution is -2.57. The second kappa shape index (κ2) is 10.7. The van der Waals surface area contributed by atoms with E-state index in [-0.39, 0.29) is 34.8 Å². The van der Waals surface area contributed by atoms with Gasteiger partial charge in [0.05, 0.1) is 43.0 Å². The van der Waals surface area contributed by atoms with Crippen LogP contribution in [0.3, 0.4) is 0 Å². The van der Waals surface area contributed by atoms with Crippen molar-refractivity contribution in [3.8, 4) is 17.1 Å². The van der Waals surface area contributed by atoms with Gasteiger partial charge in [0.15, 0.2) is 5.78 Å². The molecule has 4 rings (SSSR count). The summed E-state index contributed by atoms with van der Waals surface area (Å²) in [6.07, 6.45) is 5.95. The number of nitrogens with two attached hydrogens (primary N) is 2. The average molecular weight is 503 g/mol. The van der Waals surface area contributed by atoms with E-state index < -0.39 is 6.04 Å². The van der Waals surface area contributed by atoms with Crippen LogP contribution in [0.2, 0.25) is 0 Å². The molecule has 1 aliphatic heterocycles. The maximum absolute atomic E-state index is 13.6. The van der Waals surface area contributed by atoms with Gasteiger partial charge < -0.3 is 21.1 Å².